The smallest absolute Gasteiger partial charge is 0.813 e. The Morgan fingerprint density at radius 1 is 0.400 bits per heavy atom. The maximum Gasteiger partial charge on any atom is 4.00 e. The molecule has 0 unspecified atom stereocenters. The number of thiol groups is 4. The quantitative estimate of drug-likeness (QED) is 0.294. The molecule has 0 atom stereocenters. The normalized spacial score (nSPS) is 0. The SMILES string of the molecule is [Mo+4].[SH-].[SH-].[SH-].[SH-]. The van der Waals surface area contributed by atoms with Crippen LogP contribution in [0.25, 0.3) is 0 Å². The van der Waals surface area contributed by atoms with E-state index in [9.17, 15) is 0 Å². The fraction of sp³-hybridized carbons (Fsp3) is 0. The van der Waals surface area contributed by atoms with E-state index in [4.69, 9.17) is 0 Å². The van der Waals surface area contributed by atoms with E-state index in [-0.39, 0.29) is 75.0 Å². The first-order valence-electron chi connectivity index (χ1n) is 0. The number of rotatable bonds is 0. The van der Waals surface area contributed by atoms with Gasteiger partial charge in [-0.15, -0.1) is 0 Å². The second kappa shape index (κ2) is 36.1. The fourth-order valence-corrected chi connectivity index (χ4v) is 0. The van der Waals surface area contributed by atoms with Crippen LogP contribution in [0.3, 0.4) is 0 Å². The van der Waals surface area contributed by atoms with Crippen molar-refractivity contribution in [2.75, 3.05) is 0 Å². The standard InChI is InChI=1S/Mo.4H2S/h;4*1H2/q+4;;;;/p-4. The Labute approximate surface area is 74.5 Å². The molecule has 0 aliphatic carbocycles. The molecule has 0 bridgehead atoms. The predicted octanol–water partition coefficient (Wildman–Crippen LogP) is -1.08. The van der Waals surface area contributed by atoms with Gasteiger partial charge in [0, 0.05) is 0 Å². The van der Waals surface area contributed by atoms with Crippen LogP contribution in [0.1, 0.15) is 0 Å². The maximum atomic E-state index is 0. The zero-order valence-corrected chi connectivity index (χ0v) is 7.78. The molecule has 0 nitrogen and oxygen atoms in total. The molecule has 5 heavy (non-hydrogen) atoms. The van der Waals surface area contributed by atoms with Crippen molar-refractivity contribution in [3.8, 4) is 0 Å². The van der Waals surface area contributed by atoms with Crippen molar-refractivity contribution >= 4 is 54.0 Å². The monoisotopic (exact) mass is 230 g/mol. The molecular weight excluding hydrogens is 224 g/mol. The molecule has 0 N–H and O–H groups in total. The fourth-order valence-electron chi connectivity index (χ4n) is 0. The summed E-state index contributed by atoms with van der Waals surface area (Å²) in [7, 11) is 0. The zero-order chi connectivity index (χ0) is 0. The van der Waals surface area contributed by atoms with E-state index >= 15 is 0 Å². The third-order valence-corrected chi connectivity index (χ3v) is 0. The Morgan fingerprint density at radius 2 is 0.400 bits per heavy atom. The third-order valence-electron chi connectivity index (χ3n) is 0. The first kappa shape index (κ1) is 60.2. The average Bonchev–Trinajstić information content (AvgIpc) is 0. The van der Waals surface area contributed by atoms with Crippen molar-refractivity contribution in [3.05, 3.63) is 0 Å². The summed E-state index contributed by atoms with van der Waals surface area (Å²) < 4.78 is 0. The molecule has 0 amide bonds. The van der Waals surface area contributed by atoms with Crippen molar-refractivity contribution in [2.24, 2.45) is 0 Å². The molecule has 0 saturated heterocycles. The van der Waals surface area contributed by atoms with Crippen molar-refractivity contribution in [2.45, 2.75) is 0 Å². The van der Waals surface area contributed by atoms with Crippen LogP contribution in [0.15, 0.2) is 0 Å². The molecule has 0 fully saturated rings. The van der Waals surface area contributed by atoms with Gasteiger partial charge < -0.3 is 54.0 Å². The summed E-state index contributed by atoms with van der Waals surface area (Å²) in [5.74, 6) is 0. The molecule has 0 aromatic heterocycles. The van der Waals surface area contributed by atoms with Crippen LogP contribution < -0.4 is 0 Å². The minimum absolute atomic E-state index is 0. The maximum absolute atomic E-state index is 0. The van der Waals surface area contributed by atoms with E-state index < -0.39 is 0 Å². The topological polar surface area (TPSA) is 0 Å². The van der Waals surface area contributed by atoms with Gasteiger partial charge in [-0.25, -0.2) is 0 Å². The Morgan fingerprint density at radius 3 is 0.400 bits per heavy atom. The van der Waals surface area contributed by atoms with E-state index in [1.165, 1.54) is 0 Å². The second-order valence-electron chi connectivity index (χ2n) is 0. The van der Waals surface area contributed by atoms with Crippen molar-refractivity contribution in [1.29, 1.82) is 0 Å². The Balaban J connectivity index is 0. The summed E-state index contributed by atoms with van der Waals surface area (Å²) in [6.07, 6.45) is 0. The van der Waals surface area contributed by atoms with Gasteiger partial charge in [0.1, 0.15) is 0 Å². The summed E-state index contributed by atoms with van der Waals surface area (Å²) in [5, 5.41) is 0. The average molecular weight is 228 g/mol. The molecule has 0 spiro atoms. The summed E-state index contributed by atoms with van der Waals surface area (Å²) in [6, 6.07) is 0. The van der Waals surface area contributed by atoms with E-state index in [1.54, 1.807) is 0 Å². The summed E-state index contributed by atoms with van der Waals surface area (Å²) in [4.78, 5) is 0. The zero-order valence-electron chi connectivity index (χ0n) is 2.20. The van der Waals surface area contributed by atoms with Gasteiger partial charge in [-0.3, -0.25) is 0 Å². The van der Waals surface area contributed by atoms with Crippen LogP contribution in [0.2, 0.25) is 0 Å². The van der Waals surface area contributed by atoms with Gasteiger partial charge in [0.25, 0.3) is 0 Å². The van der Waals surface area contributed by atoms with E-state index in [0.717, 1.165) is 0 Å². The van der Waals surface area contributed by atoms with Crippen molar-refractivity contribution in [1.82, 2.24) is 0 Å². The van der Waals surface area contributed by atoms with Crippen LogP contribution in [0.4, 0.5) is 0 Å². The minimum Gasteiger partial charge on any atom is -0.813 e. The largest absolute Gasteiger partial charge is 4.00 e. The molecule has 0 aromatic rings. The van der Waals surface area contributed by atoms with E-state index in [0.29, 0.717) is 0 Å². The van der Waals surface area contributed by atoms with Crippen LogP contribution in [0, 0.1) is 0 Å². The van der Waals surface area contributed by atoms with Crippen LogP contribution >= 0.6 is 0 Å². The first-order chi connectivity index (χ1) is 0. The van der Waals surface area contributed by atoms with E-state index in [2.05, 4.69) is 0 Å². The minimum atomic E-state index is 0. The molecule has 0 aliphatic heterocycles. The van der Waals surface area contributed by atoms with Gasteiger partial charge >= 0.3 is 21.1 Å². The molecule has 5 heteroatoms. The van der Waals surface area contributed by atoms with Crippen LogP contribution in [0.5, 0.6) is 0 Å². The molecular formula is H4MoS4. The van der Waals surface area contributed by atoms with Gasteiger partial charge in [-0.05, 0) is 0 Å². The third kappa shape index (κ3) is 23.3. The van der Waals surface area contributed by atoms with Crippen LogP contribution in [-0.2, 0) is 75.0 Å². The molecule has 34 valence electrons. The Bertz CT molecular complexity index is 3.61. The van der Waals surface area contributed by atoms with Gasteiger partial charge in [0.15, 0.2) is 0 Å². The molecule has 0 radical (unpaired) electrons. The number of hydrogen-bond donors (Lipinski definition) is 0. The molecule has 0 heterocycles. The molecule has 0 saturated carbocycles. The van der Waals surface area contributed by atoms with Gasteiger partial charge in [0.05, 0.1) is 0 Å². The first-order valence-corrected chi connectivity index (χ1v) is 0. The summed E-state index contributed by atoms with van der Waals surface area (Å²) >= 11 is 0. The predicted molar refractivity (Wildman–Crippen MR) is 35.0 cm³/mol. The van der Waals surface area contributed by atoms with Gasteiger partial charge in [0.2, 0.25) is 0 Å². The second-order valence-corrected chi connectivity index (χ2v) is 0. The molecule has 0 aromatic carbocycles. The summed E-state index contributed by atoms with van der Waals surface area (Å²) in [6.45, 7) is 0. The van der Waals surface area contributed by atoms with Crippen molar-refractivity contribution in [3.63, 3.8) is 0 Å². The van der Waals surface area contributed by atoms with E-state index in [1.807, 2.05) is 0 Å². The van der Waals surface area contributed by atoms with Gasteiger partial charge in [-0.2, -0.15) is 0 Å². The van der Waals surface area contributed by atoms with Crippen LogP contribution in [-0.4, -0.2) is 0 Å². The Kier molecular flexibility index (Phi) is 436. The molecule has 0 aliphatic rings. The van der Waals surface area contributed by atoms with Gasteiger partial charge in [-0.1, -0.05) is 0 Å². The molecule has 0 rings (SSSR count). The Hall–Kier alpha value is 2.09. The number of hydrogen-bond acceptors (Lipinski definition) is 4. The summed E-state index contributed by atoms with van der Waals surface area (Å²) in [5.41, 5.74) is 0. The van der Waals surface area contributed by atoms with Crippen molar-refractivity contribution < 1.29 is 21.1 Å².